The Morgan fingerprint density at radius 1 is 0.969 bits per heavy atom. The maximum absolute atomic E-state index is 13.2. The van der Waals surface area contributed by atoms with Crippen LogP contribution in [0.4, 0.5) is 0 Å². The van der Waals surface area contributed by atoms with Gasteiger partial charge in [-0.05, 0) is 48.6 Å². The van der Waals surface area contributed by atoms with Crippen LogP contribution in [-0.4, -0.2) is 54.3 Å². The molecule has 4 atom stereocenters. The second-order valence-corrected chi connectivity index (χ2v) is 12.0. The van der Waals surface area contributed by atoms with Crippen LogP contribution in [0.2, 0.25) is 0 Å². The molecule has 2 saturated heterocycles. The van der Waals surface area contributed by atoms with E-state index in [-0.39, 0.29) is 22.9 Å². The number of sulfonamides is 1. The van der Waals surface area contributed by atoms with Crippen LogP contribution in [-0.2, 0) is 21.4 Å². The Kier molecular flexibility index (Phi) is 6.24. The summed E-state index contributed by atoms with van der Waals surface area (Å²) >= 11 is 0. The van der Waals surface area contributed by atoms with E-state index in [1.165, 1.54) is 21.0 Å². The number of piperidine rings is 2. The lowest BCUT2D eigenvalue weighted by Gasteiger charge is -2.35. The predicted molar refractivity (Wildman–Crippen MR) is 122 cm³/mol. The van der Waals surface area contributed by atoms with Crippen molar-refractivity contribution in [3.63, 3.8) is 0 Å². The monoisotopic (exact) mass is 463 g/mol. The minimum absolute atomic E-state index is 0.109. The summed E-state index contributed by atoms with van der Waals surface area (Å²) in [5.41, 5.74) is 0.614. The maximum atomic E-state index is 13.2. The highest BCUT2D eigenvalue weighted by Crippen LogP contribution is 2.28. The van der Waals surface area contributed by atoms with Crippen LogP contribution in [0.3, 0.4) is 0 Å². The molecular weight excluding hydrogens is 430 g/mol. The van der Waals surface area contributed by atoms with Gasteiger partial charge < -0.3 is 9.32 Å². The van der Waals surface area contributed by atoms with Gasteiger partial charge in [0, 0.05) is 32.2 Å². The van der Waals surface area contributed by atoms with Crippen LogP contribution < -0.4 is 5.76 Å². The maximum Gasteiger partial charge on any atom is 0.420 e. The average Bonchev–Trinajstić information content (AvgIpc) is 3.01. The molecule has 8 nitrogen and oxygen atoms in total. The number of hydrogen-bond acceptors (Lipinski definition) is 5. The first-order valence-electron chi connectivity index (χ1n) is 11.5. The molecule has 176 valence electrons. The quantitative estimate of drug-likeness (QED) is 0.695. The molecule has 1 amide bonds. The summed E-state index contributed by atoms with van der Waals surface area (Å²) in [6, 6.07) is 4.48. The molecule has 9 heteroatoms. The molecule has 0 bridgehead atoms. The molecule has 4 rings (SSSR count). The third-order valence-electron chi connectivity index (χ3n) is 6.63. The molecule has 1 aromatic carbocycles. The van der Waals surface area contributed by atoms with Crippen molar-refractivity contribution in [1.82, 2.24) is 13.8 Å². The summed E-state index contributed by atoms with van der Waals surface area (Å²) in [6.07, 6.45) is 2.09. The van der Waals surface area contributed by atoms with Gasteiger partial charge in [0.1, 0.15) is 6.54 Å². The highest BCUT2D eigenvalue weighted by Gasteiger charge is 2.32. The second-order valence-electron chi connectivity index (χ2n) is 10.1. The molecule has 0 aliphatic carbocycles. The molecule has 0 saturated carbocycles. The van der Waals surface area contributed by atoms with Crippen molar-refractivity contribution in [3.8, 4) is 0 Å². The van der Waals surface area contributed by atoms with Gasteiger partial charge in [-0.15, -0.1) is 0 Å². The molecule has 2 aromatic rings. The van der Waals surface area contributed by atoms with E-state index in [2.05, 4.69) is 27.7 Å². The van der Waals surface area contributed by atoms with E-state index in [4.69, 9.17) is 4.42 Å². The minimum Gasteiger partial charge on any atom is -0.408 e. The second kappa shape index (κ2) is 8.67. The van der Waals surface area contributed by atoms with Crippen LogP contribution in [0, 0.1) is 23.7 Å². The van der Waals surface area contributed by atoms with E-state index in [1.807, 2.05) is 4.90 Å². The number of carbonyl (C=O) groups excluding carboxylic acids is 1. The number of likely N-dealkylation sites (tertiary alicyclic amines) is 1. The first kappa shape index (κ1) is 23.0. The van der Waals surface area contributed by atoms with Gasteiger partial charge in [0.15, 0.2) is 5.58 Å². The number of hydrogen-bond donors (Lipinski definition) is 0. The molecule has 0 spiro atoms. The van der Waals surface area contributed by atoms with Crippen LogP contribution in [0.15, 0.2) is 32.3 Å². The molecule has 0 N–H and O–H groups in total. The van der Waals surface area contributed by atoms with Crippen molar-refractivity contribution in [2.75, 3.05) is 26.2 Å². The van der Waals surface area contributed by atoms with Crippen molar-refractivity contribution in [3.05, 3.63) is 28.7 Å². The number of benzene rings is 1. The van der Waals surface area contributed by atoms with Crippen molar-refractivity contribution < 1.29 is 17.6 Å². The van der Waals surface area contributed by atoms with Crippen molar-refractivity contribution >= 4 is 27.0 Å². The Morgan fingerprint density at radius 2 is 1.53 bits per heavy atom. The van der Waals surface area contributed by atoms with Gasteiger partial charge in [-0.1, -0.05) is 27.7 Å². The van der Waals surface area contributed by atoms with Crippen molar-refractivity contribution in [1.29, 1.82) is 0 Å². The first-order chi connectivity index (χ1) is 15.0. The summed E-state index contributed by atoms with van der Waals surface area (Å²) in [4.78, 5) is 27.3. The summed E-state index contributed by atoms with van der Waals surface area (Å²) in [5, 5.41) is 0. The van der Waals surface area contributed by atoms with Crippen molar-refractivity contribution in [2.45, 2.75) is 52.0 Å². The van der Waals surface area contributed by atoms with Crippen LogP contribution in [0.25, 0.3) is 11.1 Å². The predicted octanol–water partition coefficient (Wildman–Crippen LogP) is 2.77. The smallest absolute Gasteiger partial charge is 0.408 e. The Morgan fingerprint density at radius 3 is 2.12 bits per heavy atom. The Balaban J connectivity index is 1.59. The zero-order chi connectivity index (χ0) is 23.2. The normalized spacial score (nSPS) is 27.7. The highest BCUT2D eigenvalue weighted by atomic mass is 32.2. The SMILES string of the molecule is C[C@@H]1C[C@@H](C)CN(C(=O)Cn2c(=O)oc3cc(S(=O)(=O)N4C[C@H](C)C[C@H](C)C4)ccc32)C1. The zero-order valence-corrected chi connectivity index (χ0v) is 20.1. The lowest BCUT2D eigenvalue weighted by Crippen LogP contribution is -2.44. The Hall–Kier alpha value is -2.13. The molecule has 1 aromatic heterocycles. The van der Waals surface area contributed by atoms with Gasteiger partial charge >= 0.3 is 5.76 Å². The molecule has 0 radical (unpaired) electrons. The Bertz CT molecular complexity index is 1150. The number of aromatic nitrogens is 1. The van der Waals surface area contributed by atoms with E-state index >= 15 is 0 Å². The summed E-state index contributed by atoms with van der Waals surface area (Å²) in [6.45, 7) is 10.6. The number of rotatable bonds is 4. The summed E-state index contributed by atoms with van der Waals surface area (Å²) in [5.74, 6) is 0.662. The molecule has 2 aliphatic heterocycles. The molecule has 2 aliphatic rings. The van der Waals surface area contributed by atoms with E-state index in [9.17, 15) is 18.0 Å². The summed E-state index contributed by atoms with van der Waals surface area (Å²) in [7, 11) is -3.69. The standard InChI is InChI=1S/C23H33N3O5S/c1-15-7-16(2)11-24(10-15)22(27)14-26-20-6-5-19(9-21(20)31-23(26)28)32(29,30)25-12-17(3)8-18(4)13-25/h5-6,9,15-18H,7-8,10-14H2,1-4H3/t15-,16-,17-,18+/m1/s1. The van der Waals surface area contributed by atoms with Crippen LogP contribution in [0.1, 0.15) is 40.5 Å². The fraction of sp³-hybridized carbons (Fsp3) is 0.652. The number of amides is 1. The van der Waals surface area contributed by atoms with E-state index in [0.717, 1.165) is 12.8 Å². The fourth-order valence-corrected chi connectivity index (χ4v) is 7.11. The summed E-state index contributed by atoms with van der Waals surface area (Å²) < 4.78 is 34.6. The highest BCUT2D eigenvalue weighted by molar-refractivity contribution is 7.89. The van der Waals surface area contributed by atoms with Gasteiger partial charge in [-0.3, -0.25) is 9.36 Å². The largest absolute Gasteiger partial charge is 0.420 e. The lowest BCUT2D eigenvalue weighted by molar-refractivity contribution is -0.134. The van der Waals surface area contributed by atoms with Gasteiger partial charge in [0.2, 0.25) is 15.9 Å². The van der Waals surface area contributed by atoms with Crippen LogP contribution >= 0.6 is 0 Å². The third kappa shape index (κ3) is 4.50. The van der Waals surface area contributed by atoms with E-state index < -0.39 is 15.8 Å². The van der Waals surface area contributed by atoms with Gasteiger partial charge in [-0.25, -0.2) is 13.2 Å². The average molecular weight is 464 g/mol. The molecule has 3 heterocycles. The van der Waals surface area contributed by atoms with E-state index in [0.29, 0.717) is 55.4 Å². The number of nitrogens with zero attached hydrogens (tertiary/aromatic N) is 3. The first-order valence-corrected chi connectivity index (χ1v) is 12.9. The lowest BCUT2D eigenvalue weighted by atomic mass is 9.92. The molecular formula is C23H33N3O5S. The topological polar surface area (TPSA) is 92.8 Å². The fourth-order valence-electron chi connectivity index (χ4n) is 5.41. The van der Waals surface area contributed by atoms with Gasteiger partial charge in [-0.2, -0.15) is 4.31 Å². The molecule has 0 unspecified atom stereocenters. The third-order valence-corrected chi connectivity index (χ3v) is 8.46. The van der Waals surface area contributed by atoms with E-state index in [1.54, 1.807) is 6.07 Å². The Labute approximate surface area is 189 Å². The number of carbonyl (C=O) groups is 1. The van der Waals surface area contributed by atoms with Crippen molar-refractivity contribution in [2.24, 2.45) is 23.7 Å². The molecule has 32 heavy (non-hydrogen) atoms. The number of oxazole rings is 1. The minimum atomic E-state index is -3.69. The zero-order valence-electron chi connectivity index (χ0n) is 19.3. The molecule has 2 fully saturated rings. The van der Waals surface area contributed by atoms with Crippen LogP contribution in [0.5, 0.6) is 0 Å². The van der Waals surface area contributed by atoms with Gasteiger partial charge in [0.05, 0.1) is 10.4 Å². The van der Waals surface area contributed by atoms with Gasteiger partial charge in [0.25, 0.3) is 0 Å². The number of fused-ring (bicyclic) bond motifs is 1.